The molecule has 0 radical (unpaired) electrons. The fraction of sp³-hybridized carbons (Fsp3) is 0. The largest absolute Gasteiger partial charge is 0.328 e. The molecule has 0 fully saturated rings. The van der Waals surface area contributed by atoms with Crippen LogP contribution in [0.2, 0.25) is 0 Å². The fourth-order valence-electron chi connectivity index (χ4n) is 0.990. The monoisotopic (exact) mass is 245 g/mol. The van der Waals surface area contributed by atoms with E-state index in [4.69, 9.17) is 0 Å². The molecule has 0 heterocycles. The van der Waals surface area contributed by atoms with Crippen LogP contribution in [0.4, 0.5) is 5.69 Å². The summed E-state index contributed by atoms with van der Waals surface area (Å²) in [5.41, 5.74) is -0.999. The lowest BCUT2D eigenvalue weighted by molar-refractivity contribution is -0.714. The van der Waals surface area contributed by atoms with Crippen molar-refractivity contribution in [1.82, 2.24) is 0 Å². The number of benzene rings is 1. The van der Waals surface area contributed by atoms with Crippen LogP contribution in [-0.2, 0) is 0 Å². The van der Waals surface area contributed by atoms with E-state index in [1.54, 1.807) is 0 Å². The second kappa shape index (κ2) is 4.69. The minimum Gasteiger partial charge on any atom is -0.269 e. The first-order valence-corrected chi connectivity index (χ1v) is 3.84. The van der Waals surface area contributed by atoms with Crippen LogP contribution < -0.4 is 9.68 Å². The van der Waals surface area contributed by atoms with Crippen LogP contribution in [0.3, 0.4) is 0 Å². The molecule has 1 aromatic carbocycles. The lowest BCUT2D eigenvalue weighted by atomic mass is 10.3. The van der Waals surface area contributed by atoms with Crippen molar-refractivity contribution in [3.63, 3.8) is 0 Å². The Hall–Kier alpha value is -2.98. The minimum absolute atomic E-state index is 0.764. The van der Waals surface area contributed by atoms with Crippen molar-refractivity contribution in [3.05, 3.63) is 48.5 Å². The van der Waals surface area contributed by atoms with Crippen LogP contribution >= 0.6 is 0 Å². The van der Waals surface area contributed by atoms with Crippen LogP contribution in [0.1, 0.15) is 0 Å². The van der Waals surface area contributed by atoms with Gasteiger partial charge >= 0.3 is 5.69 Å². The SMILES string of the molecule is O=[N+]([O-])Oc1cccc(O[N+](=O)[O-])c1[N+](=O)[O-]. The van der Waals surface area contributed by atoms with E-state index in [1.165, 1.54) is 0 Å². The maximum atomic E-state index is 10.6. The molecule has 0 aliphatic rings. The van der Waals surface area contributed by atoms with Gasteiger partial charge in [0.25, 0.3) is 10.2 Å². The molecule has 0 aliphatic carbocycles. The standard InChI is InChI=1S/C6H3N3O8/c10-7(11)6-4(16-8(12)13)2-1-3-5(6)17-9(14)15/h1-3H. The van der Waals surface area contributed by atoms with Gasteiger partial charge in [0.2, 0.25) is 11.5 Å². The maximum absolute atomic E-state index is 10.6. The predicted molar refractivity (Wildman–Crippen MR) is 48.3 cm³/mol. The lowest BCUT2D eigenvalue weighted by Gasteiger charge is -2.03. The smallest absolute Gasteiger partial charge is 0.269 e. The van der Waals surface area contributed by atoms with Gasteiger partial charge in [0, 0.05) is 0 Å². The summed E-state index contributed by atoms with van der Waals surface area (Å²) in [6.45, 7) is 0. The van der Waals surface area contributed by atoms with Gasteiger partial charge in [0.15, 0.2) is 0 Å². The molecule has 17 heavy (non-hydrogen) atoms. The molecule has 1 aromatic rings. The maximum Gasteiger partial charge on any atom is 0.328 e. The van der Waals surface area contributed by atoms with E-state index in [0.717, 1.165) is 18.2 Å². The normalized spacial score (nSPS) is 9.41. The van der Waals surface area contributed by atoms with E-state index in [-0.39, 0.29) is 0 Å². The summed E-state index contributed by atoms with van der Waals surface area (Å²) in [6.07, 6.45) is 0. The van der Waals surface area contributed by atoms with E-state index < -0.39 is 32.3 Å². The molecule has 0 aliphatic heterocycles. The molecule has 0 amide bonds. The van der Waals surface area contributed by atoms with Crippen molar-refractivity contribution in [2.75, 3.05) is 0 Å². The van der Waals surface area contributed by atoms with Crippen molar-refractivity contribution < 1.29 is 24.8 Å². The van der Waals surface area contributed by atoms with Gasteiger partial charge in [0.05, 0.1) is 4.92 Å². The van der Waals surface area contributed by atoms with E-state index in [2.05, 4.69) is 9.68 Å². The highest BCUT2D eigenvalue weighted by Gasteiger charge is 2.24. The Morgan fingerprint density at radius 2 is 1.29 bits per heavy atom. The molecule has 11 nitrogen and oxygen atoms in total. The summed E-state index contributed by atoms with van der Waals surface area (Å²) in [5, 5.41) is 28.2. The highest BCUT2D eigenvalue weighted by molar-refractivity contribution is 5.56. The third-order valence-electron chi connectivity index (χ3n) is 1.49. The number of hydrogen-bond donors (Lipinski definition) is 0. The van der Waals surface area contributed by atoms with E-state index >= 15 is 0 Å². The van der Waals surface area contributed by atoms with Gasteiger partial charge in [-0.15, -0.1) is 20.2 Å². The summed E-state index contributed by atoms with van der Waals surface area (Å²) < 4.78 is 0. The molecule has 90 valence electrons. The number of rotatable bonds is 5. The van der Waals surface area contributed by atoms with Gasteiger partial charge in [-0.2, -0.15) is 0 Å². The summed E-state index contributed by atoms with van der Waals surface area (Å²) >= 11 is 0. The number of nitro groups is 1. The van der Waals surface area contributed by atoms with Crippen LogP contribution in [0.15, 0.2) is 18.2 Å². The number of nitro benzene ring substituents is 1. The third kappa shape index (κ3) is 2.98. The van der Waals surface area contributed by atoms with Crippen LogP contribution in [0, 0.1) is 30.3 Å². The molecule has 0 N–H and O–H groups in total. The average molecular weight is 245 g/mol. The molecule has 0 atom stereocenters. The Labute approximate surface area is 91.5 Å². The van der Waals surface area contributed by atoms with Crippen molar-refractivity contribution in [1.29, 1.82) is 0 Å². The van der Waals surface area contributed by atoms with Gasteiger partial charge < -0.3 is 0 Å². The zero-order valence-electron chi connectivity index (χ0n) is 7.84. The highest BCUT2D eigenvalue weighted by Crippen LogP contribution is 2.36. The van der Waals surface area contributed by atoms with E-state index in [1.807, 2.05) is 0 Å². The first kappa shape index (κ1) is 12.1. The molecule has 0 spiro atoms. The van der Waals surface area contributed by atoms with Gasteiger partial charge in [-0.25, -0.2) is 0 Å². The predicted octanol–water partition coefficient (Wildman–Crippen LogP) is 0.736. The molecule has 0 saturated heterocycles. The van der Waals surface area contributed by atoms with Gasteiger partial charge in [-0.3, -0.25) is 19.8 Å². The summed E-state index contributed by atoms with van der Waals surface area (Å²) in [5.74, 6) is -1.53. The highest BCUT2D eigenvalue weighted by atomic mass is 17.0. The third-order valence-corrected chi connectivity index (χ3v) is 1.49. The van der Waals surface area contributed by atoms with Gasteiger partial charge in [-0.1, -0.05) is 6.07 Å². The van der Waals surface area contributed by atoms with Crippen molar-refractivity contribution in [3.8, 4) is 11.5 Å². The zero-order valence-corrected chi connectivity index (χ0v) is 7.84. The van der Waals surface area contributed by atoms with Crippen molar-refractivity contribution in [2.24, 2.45) is 0 Å². The second-order valence-corrected chi connectivity index (χ2v) is 2.49. The molecule has 11 heteroatoms. The topological polar surface area (TPSA) is 148 Å². The lowest BCUT2D eigenvalue weighted by Crippen LogP contribution is -2.09. The van der Waals surface area contributed by atoms with Crippen molar-refractivity contribution in [2.45, 2.75) is 0 Å². The Morgan fingerprint density at radius 1 is 0.882 bits per heavy atom. The molecular formula is C6H3N3O8. The number of nitrogens with zero attached hydrogens (tertiary/aromatic N) is 3. The minimum atomic E-state index is -1.28. The van der Waals surface area contributed by atoms with E-state index in [9.17, 15) is 30.3 Å². The Morgan fingerprint density at radius 3 is 1.59 bits per heavy atom. The summed E-state index contributed by atoms with van der Waals surface area (Å²) in [7, 11) is 0. The summed E-state index contributed by atoms with van der Waals surface area (Å²) in [4.78, 5) is 37.5. The Kier molecular flexibility index (Phi) is 3.34. The van der Waals surface area contributed by atoms with Gasteiger partial charge in [0.1, 0.15) is 0 Å². The average Bonchev–Trinajstić information content (AvgIpc) is 2.14. The quantitative estimate of drug-likeness (QED) is 0.544. The number of hydrogen-bond acceptors (Lipinski definition) is 8. The fourth-order valence-corrected chi connectivity index (χ4v) is 0.990. The Balaban J connectivity index is 3.26. The van der Waals surface area contributed by atoms with Crippen LogP contribution in [0.25, 0.3) is 0 Å². The van der Waals surface area contributed by atoms with E-state index in [0.29, 0.717) is 0 Å². The number of para-hydroxylation sites is 1. The Bertz CT molecular complexity index is 452. The van der Waals surface area contributed by atoms with Crippen molar-refractivity contribution >= 4 is 5.69 Å². The van der Waals surface area contributed by atoms with Crippen LogP contribution in [0.5, 0.6) is 11.5 Å². The molecule has 0 saturated carbocycles. The molecular weight excluding hydrogens is 242 g/mol. The first-order chi connectivity index (χ1) is 7.91. The molecule has 1 rings (SSSR count). The molecule has 0 aromatic heterocycles. The zero-order chi connectivity index (χ0) is 13.0. The molecule has 0 bridgehead atoms. The van der Waals surface area contributed by atoms with Gasteiger partial charge in [-0.05, 0) is 12.1 Å². The molecule has 0 unspecified atom stereocenters. The second-order valence-electron chi connectivity index (χ2n) is 2.49. The first-order valence-electron chi connectivity index (χ1n) is 3.84. The summed E-state index contributed by atoms with van der Waals surface area (Å²) in [6, 6.07) is 2.89. The van der Waals surface area contributed by atoms with Crippen LogP contribution in [-0.4, -0.2) is 15.1 Å².